The summed E-state index contributed by atoms with van der Waals surface area (Å²) in [4.78, 5) is 9.12. The fourth-order valence-corrected chi connectivity index (χ4v) is 5.91. The molecular weight excluding hydrogens is 472 g/mol. The number of hydrogen-bond acceptors (Lipinski definition) is 10. The lowest BCUT2D eigenvalue weighted by Gasteiger charge is -2.41. The number of aliphatic hydroxyl groups excluding tert-OH is 2. The predicted molar refractivity (Wildman–Crippen MR) is 142 cm³/mol. The van der Waals surface area contributed by atoms with E-state index in [9.17, 15) is 10.2 Å². The number of morpholine rings is 1. The van der Waals surface area contributed by atoms with Gasteiger partial charge in [0.25, 0.3) is 0 Å². The molecule has 4 aliphatic rings. The van der Waals surface area contributed by atoms with Gasteiger partial charge in [0, 0.05) is 64.0 Å². The molecule has 4 aliphatic heterocycles. The van der Waals surface area contributed by atoms with Crippen LogP contribution in [0.1, 0.15) is 13.3 Å². The summed E-state index contributed by atoms with van der Waals surface area (Å²) >= 11 is 0. The van der Waals surface area contributed by atoms with Crippen LogP contribution in [0.2, 0.25) is 0 Å². The van der Waals surface area contributed by atoms with E-state index in [4.69, 9.17) is 9.47 Å². The van der Waals surface area contributed by atoms with Crippen LogP contribution < -0.4 is 26.5 Å². The number of fused-ring (bicyclic) bond motifs is 1. The van der Waals surface area contributed by atoms with Gasteiger partial charge < -0.3 is 30.3 Å². The molecule has 2 saturated heterocycles. The maximum absolute atomic E-state index is 11.5. The SMILES string of the molecule is CCOC1CN(C2NCC(CN3CCOCC3)=CC2C(O)Nc2ccc3c(c2)=CC[C@@H](O)N=3)CC1NC. The molecule has 0 amide bonds. The Morgan fingerprint density at radius 2 is 2.11 bits per heavy atom. The second-order valence-corrected chi connectivity index (χ2v) is 10.4. The highest BCUT2D eigenvalue weighted by Gasteiger charge is 2.41. The maximum atomic E-state index is 11.5. The molecule has 0 aromatic heterocycles. The molecule has 10 nitrogen and oxygen atoms in total. The van der Waals surface area contributed by atoms with E-state index in [-0.39, 0.29) is 24.2 Å². The van der Waals surface area contributed by atoms with Crippen molar-refractivity contribution in [2.45, 2.75) is 44.1 Å². The highest BCUT2D eigenvalue weighted by molar-refractivity contribution is 5.46. The zero-order valence-electron chi connectivity index (χ0n) is 22.0. The van der Waals surface area contributed by atoms with Crippen molar-refractivity contribution in [3.05, 3.63) is 40.4 Å². The molecule has 1 aromatic rings. The summed E-state index contributed by atoms with van der Waals surface area (Å²) in [5, 5.41) is 33.6. The number of likely N-dealkylation sites (N-methyl/N-ethyl adjacent to an activating group) is 1. The second-order valence-electron chi connectivity index (χ2n) is 10.4. The number of benzene rings is 1. The van der Waals surface area contributed by atoms with Crippen LogP contribution in [0.4, 0.5) is 5.69 Å². The molecule has 4 heterocycles. The van der Waals surface area contributed by atoms with Crippen LogP contribution in [0, 0.1) is 5.92 Å². The fourth-order valence-electron chi connectivity index (χ4n) is 5.91. The topological polar surface area (TPSA) is 114 Å². The summed E-state index contributed by atoms with van der Waals surface area (Å²) in [6.45, 7) is 9.47. The first-order chi connectivity index (χ1) is 18.0. The van der Waals surface area contributed by atoms with Crippen LogP contribution >= 0.6 is 0 Å². The van der Waals surface area contributed by atoms with E-state index in [0.717, 1.165) is 68.7 Å². The quantitative estimate of drug-likeness (QED) is 0.202. The summed E-state index contributed by atoms with van der Waals surface area (Å²) in [5.74, 6) is -0.158. The highest BCUT2D eigenvalue weighted by Crippen LogP contribution is 2.27. The third kappa shape index (κ3) is 6.40. The Hall–Kier alpha value is -1.89. The normalized spacial score (nSPS) is 31.7. The van der Waals surface area contributed by atoms with Crippen molar-refractivity contribution in [3.8, 4) is 0 Å². The first kappa shape index (κ1) is 26.7. The van der Waals surface area contributed by atoms with Gasteiger partial charge in [-0.15, -0.1) is 0 Å². The van der Waals surface area contributed by atoms with Crippen LogP contribution in [0.3, 0.4) is 0 Å². The first-order valence-electron chi connectivity index (χ1n) is 13.6. The number of likely N-dealkylation sites (tertiary alicyclic amines) is 1. The zero-order chi connectivity index (χ0) is 25.8. The largest absolute Gasteiger partial charge is 0.379 e. The Balaban J connectivity index is 1.36. The molecule has 2 fully saturated rings. The van der Waals surface area contributed by atoms with Crippen molar-refractivity contribution in [2.75, 3.05) is 71.5 Å². The van der Waals surface area contributed by atoms with Gasteiger partial charge in [0.15, 0.2) is 0 Å². The highest BCUT2D eigenvalue weighted by atomic mass is 16.5. The van der Waals surface area contributed by atoms with Gasteiger partial charge in [-0.25, -0.2) is 0 Å². The molecule has 37 heavy (non-hydrogen) atoms. The molecule has 5 N–H and O–H groups in total. The summed E-state index contributed by atoms with van der Waals surface area (Å²) in [7, 11) is 1.99. The summed E-state index contributed by atoms with van der Waals surface area (Å²) in [6, 6.07) is 6.06. The van der Waals surface area contributed by atoms with E-state index < -0.39 is 12.5 Å². The minimum Gasteiger partial charge on any atom is -0.379 e. The Morgan fingerprint density at radius 1 is 1.27 bits per heavy atom. The average molecular weight is 515 g/mol. The molecule has 0 saturated carbocycles. The van der Waals surface area contributed by atoms with E-state index in [1.54, 1.807) is 0 Å². The van der Waals surface area contributed by atoms with Gasteiger partial charge in [-0.05, 0) is 43.0 Å². The number of nitrogens with one attached hydrogen (secondary N) is 3. The fraction of sp³-hybridized carbons (Fsp3) is 0.667. The van der Waals surface area contributed by atoms with E-state index in [1.807, 2.05) is 38.2 Å². The first-order valence-corrected chi connectivity index (χ1v) is 13.6. The number of hydrogen-bond donors (Lipinski definition) is 5. The van der Waals surface area contributed by atoms with Crippen LogP contribution in [0.15, 0.2) is 34.8 Å². The standard InChI is InChI=1S/C27H42N6O4/c1-3-37-24-17-33(16-23(24)28-2)26-21(12-18(14-29-26)15-32-8-10-36-11-9-32)27(35)30-20-5-6-22-19(13-20)4-7-25(34)31-22/h4-6,12-13,21,23-30,34-35H,3,7-11,14-17H2,1-2H3/t21?,23?,24?,25-,26?,27?/m1/s1. The van der Waals surface area contributed by atoms with Crippen LogP contribution in [0.25, 0.3) is 6.08 Å². The summed E-state index contributed by atoms with van der Waals surface area (Å²) in [6.07, 6.45) is 3.40. The number of rotatable bonds is 9. The lowest BCUT2D eigenvalue weighted by atomic mass is 9.94. The number of anilines is 1. The molecule has 0 bridgehead atoms. The van der Waals surface area contributed by atoms with Crippen molar-refractivity contribution in [1.29, 1.82) is 0 Å². The van der Waals surface area contributed by atoms with Crippen LogP contribution in [-0.4, -0.2) is 117 Å². The third-order valence-corrected chi connectivity index (χ3v) is 7.84. The molecule has 5 rings (SSSR count). The van der Waals surface area contributed by atoms with Gasteiger partial charge in [-0.1, -0.05) is 12.2 Å². The van der Waals surface area contributed by atoms with E-state index in [1.165, 1.54) is 5.57 Å². The van der Waals surface area contributed by atoms with E-state index >= 15 is 0 Å². The molecular formula is C27H42N6O4. The second kappa shape index (κ2) is 12.3. The van der Waals surface area contributed by atoms with Crippen molar-refractivity contribution >= 4 is 11.8 Å². The van der Waals surface area contributed by atoms with Crippen molar-refractivity contribution in [3.63, 3.8) is 0 Å². The van der Waals surface area contributed by atoms with Gasteiger partial charge in [-0.3, -0.25) is 20.1 Å². The lowest BCUT2D eigenvalue weighted by molar-refractivity contribution is 0.0311. The van der Waals surface area contributed by atoms with Crippen LogP contribution in [-0.2, 0) is 9.47 Å². The minimum absolute atomic E-state index is 0.0217. The smallest absolute Gasteiger partial charge is 0.149 e. The summed E-state index contributed by atoms with van der Waals surface area (Å²) < 4.78 is 11.5. The molecule has 0 radical (unpaired) electrons. The lowest BCUT2D eigenvalue weighted by Crippen LogP contribution is -2.57. The zero-order valence-corrected chi connectivity index (χ0v) is 22.0. The molecule has 204 valence electrons. The van der Waals surface area contributed by atoms with Gasteiger partial charge in [0.05, 0.1) is 36.8 Å². The minimum atomic E-state index is -0.791. The number of nitrogens with zero attached hydrogens (tertiary/aromatic N) is 3. The Bertz CT molecular complexity index is 1060. The van der Waals surface area contributed by atoms with Crippen molar-refractivity contribution in [2.24, 2.45) is 10.9 Å². The predicted octanol–water partition coefficient (Wildman–Crippen LogP) is -1.35. The third-order valence-electron chi connectivity index (χ3n) is 7.84. The van der Waals surface area contributed by atoms with Gasteiger partial charge in [0.1, 0.15) is 12.5 Å². The Morgan fingerprint density at radius 3 is 2.89 bits per heavy atom. The molecule has 1 aromatic carbocycles. The Labute approximate surface area is 219 Å². The van der Waals surface area contributed by atoms with Gasteiger partial charge >= 0.3 is 0 Å². The van der Waals surface area contributed by atoms with E-state index in [2.05, 4.69) is 36.8 Å². The Kier molecular flexibility index (Phi) is 8.89. The molecule has 10 heteroatoms. The van der Waals surface area contributed by atoms with Crippen LogP contribution in [0.5, 0.6) is 0 Å². The average Bonchev–Trinajstić information content (AvgIpc) is 3.32. The number of aliphatic hydroxyl groups is 2. The monoisotopic (exact) mass is 514 g/mol. The van der Waals surface area contributed by atoms with E-state index in [0.29, 0.717) is 13.0 Å². The number of ether oxygens (including phenoxy) is 2. The molecule has 6 atom stereocenters. The van der Waals surface area contributed by atoms with Crippen molar-refractivity contribution in [1.82, 2.24) is 20.4 Å². The molecule has 0 spiro atoms. The molecule has 5 unspecified atom stereocenters. The molecule has 0 aliphatic carbocycles. The van der Waals surface area contributed by atoms with Gasteiger partial charge in [0.2, 0.25) is 0 Å². The summed E-state index contributed by atoms with van der Waals surface area (Å²) in [5.41, 5.74) is 2.13. The van der Waals surface area contributed by atoms with Gasteiger partial charge in [-0.2, -0.15) is 0 Å². The maximum Gasteiger partial charge on any atom is 0.149 e. The van der Waals surface area contributed by atoms with Crippen molar-refractivity contribution < 1.29 is 19.7 Å².